The van der Waals surface area contributed by atoms with Crippen LogP contribution in [0.2, 0.25) is 0 Å². The fourth-order valence-electron chi connectivity index (χ4n) is 1.11. The maximum absolute atomic E-state index is 5.70. The average molecular weight is 214 g/mol. The quantitative estimate of drug-likeness (QED) is 0.782. The van der Waals surface area contributed by atoms with Crippen LogP contribution in [0.1, 0.15) is 26.0 Å². The summed E-state index contributed by atoms with van der Waals surface area (Å²) in [5, 5.41) is 3.25. The molecular formula is C10H16ClN3. The molecule has 3 nitrogen and oxygen atoms in total. The summed E-state index contributed by atoms with van der Waals surface area (Å²) in [5.74, 6) is 1.30. The van der Waals surface area contributed by atoms with Crippen LogP contribution in [0.3, 0.4) is 0 Å². The number of hydrogen-bond acceptors (Lipinski definition) is 3. The van der Waals surface area contributed by atoms with Crippen molar-refractivity contribution in [1.82, 2.24) is 9.97 Å². The first-order valence-electron chi connectivity index (χ1n) is 4.67. The van der Waals surface area contributed by atoms with Gasteiger partial charge in [-0.1, -0.05) is 0 Å². The maximum Gasteiger partial charge on any atom is 0.223 e. The van der Waals surface area contributed by atoms with Gasteiger partial charge < -0.3 is 5.32 Å². The summed E-state index contributed by atoms with van der Waals surface area (Å²) >= 11 is 5.70. The number of hydrogen-bond donors (Lipinski definition) is 1. The van der Waals surface area contributed by atoms with Crippen molar-refractivity contribution in [2.75, 3.05) is 11.2 Å². The Morgan fingerprint density at radius 1 is 1.50 bits per heavy atom. The largest absolute Gasteiger partial charge is 0.349 e. The first-order valence-corrected chi connectivity index (χ1v) is 5.21. The standard InChI is InChI=1S/C10H16ClN3/c1-8-4-7-12-9(13-8)14-10(2,3)5-6-11/h4,7H,5-6H2,1-3H3,(H,12,13,14). The van der Waals surface area contributed by atoms with Gasteiger partial charge >= 0.3 is 0 Å². The molecule has 0 saturated carbocycles. The second-order valence-corrected chi connectivity index (χ2v) is 4.35. The number of nitrogens with zero attached hydrogens (tertiary/aromatic N) is 2. The molecule has 1 aromatic rings. The van der Waals surface area contributed by atoms with Gasteiger partial charge in [-0.05, 0) is 33.3 Å². The minimum Gasteiger partial charge on any atom is -0.349 e. The minimum absolute atomic E-state index is 0.0600. The highest BCUT2D eigenvalue weighted by atomic mass is 35.5. The van der Waals surface area contributed by atoms with Crippen LogP contribution in [0.15, 0.2) is 12.3 Å². The number of rotatable bonds is 4. The van der Waals surface area contributed by atoms with E-state index in [0.717, 1.165) is 12.1 Å². The molecule has 0 unspecified atom stereocenters. The van der Waals surface area contributed by atoms with E-state index < -0.39 is 0 Å². The Morgan fingerprint density at radius 2 is 2.21 bits per heavy atom. The lowest BCUT2D eigenvalue weighted by atomic mass is 10.0. The van der Waals surface area contributed by atoms with Crippen molar-refractivity contribution in [3.8, 4) is 0 Å². The Labute approximate surface area is 89.9 Å². The summed E-state index contributed by atoms with van der Waals surface area (Å²) in [6, 6.07) is 1.87. The van der Waals surface area contributed by atoms with E-state index in [0.29, 0.717) is 11.8 Å². The molecule has 1 rings (SSSR count). The van der Waals surface area contributed by atoms with Crippen molar-refractivity contribution in [3.05, 3.63) is 18.0 Å². The first-order chi connectivity index (χ1) is 6.53. The molecule has 1 heterocycles. The monoisotopic (exact) mass is 213 g/mol. The van der Waals surface area contributed by atoms with Gasteiger partial charge in [0, 0.05) is 23.3 Å². The fraction of sp³-hybridized carbons (Fsp3) is 0.600. The zero-order valence-electron chi connectivity index (χ0n) is 8.84. The second-order valence-electron chi connectivity index (χ2n) is 3.97. The molecule has 0 aliphatic rings. The van der Waals surface area contributed by atoms with Gasteiger partial charge in [-0.3, -0.25) is 0 Å². The normalized spacial score (nSPS) is 11.4. The van der Waals surface area contributed by atoms with Crippen LogP contribution in [0, 0.1) is 6.92 Å². The first kappa shape index (κ1) is 11.2. The summed E-state index contributed by atoms with van der Waals surface area (Å²) in [4.78, 5) is 8.42. The number of anilines is 1. The molecule has 0 fully saturated rings. The highest BCUT2D eigenvalue weighted by molar-refractivity contribution is 6.17. The van der Waals surface area contributed by atoms with E-state index in [9.17, 15) is 0 Å². The van der Waals surface area contributed by atoms with Gasteiger partial charge in [-0.15, -0.1) is 11.6 Å². The van der Waals surface area contributed by atoms with Gasteiger partial charge in [-0.25, -0.2) is 9.97 Å². The van der Waals surface area contributed by atoms with Crippen LogP contribution in [-0.2, 0) is 0 Å². The van der Waals surface area contributed by atoms with Gasteiger partial charge in [0.15, 0.2) is 0 Å². The summed E-state index contributed by atoms with van der Waals surface area (Å²) in [6.07, 6.45) is 2.63. The Morgan fingerprint density at radius 3 is 2.79 bits per heavy atom. The van der Waals surface area contributed by atoms with Gasteiger partial charge in [0.1, 0.15) is 0 Å². The third-order valence-corrected chi connectivity index (χ3v) is 2.15. The molecule has 0 atom stereocenters. The van der Waals surface area contributed by atoms with Crippen LogP contribution < -0.4 is 5.32 Å². The van der Waals surface area contributed by atoms with Crippen molar-refractivity contribution >= 4 is 17.5 Å². The SMILES string of the molecule is Cc1ccnc(NC(C)(C)CCCl)n1. The van der Waals surface area contributed by atoms with Crippen molar-refractivity contribution in [2.45, 2.75) is 32.7 Å². The van der Waals surface area contributed by atoms with E-state index in [1.165, 1.54) is 0 Å². The van der Waals surface area contributed by atoms with Crippen LogP contribution in [-0.4, -0.2) is 21.4 Å². The topological polar surface area (TPSA) is 37.8 Å². The molecule has 14 heavy (non-hydrogen) atoms. The molecule has 0 bridgehead atoms. The fourth-order valence-corrected chi connectivity index (χ4v) is 1.58. The molecule has 4 heteroatoms. The lowest BCUT2D eigenvalue weighted by molar-refractivity contribution is 0.545. The molecule has 0 aliphatic carbocycles. The molecule has 0 spiro atoms. The van der Waals surface area contributed by atoms with Crippen molar-refractivity contribution in [3.63, 3.8) is 0 Å². The summed E-state index contributed by atoms with van der Waals surface area (Å²) in [5.41, 5.74) is 0.902. The molecule has 0 saturated heterocycles. The average Bonchev–Trinajstić information content (AvgIpc) is 2.02. The van der Waals surface area contributed by atoms with Gasteiger partial charge in [0.2, 0.25) is 5.95 Å². The van der Waals surface area contributed by atoms with Crippen LogP contribution in [0.4, 0.5) is 5.95 Å². The molecule has 0 aliphatic heterocycles. The van der Waals surface area contributed by atoms with Gasteiger partial charge in [0.25, 0.3) is 0 Å². The van der Waals surface area contributed by atoms with Crippen LogP contribution >= 0.6 is 11.6 Å². The number of alkyl halides is 1. The Kier molecular flexibility index (Phi) is 3.69. The maximum atomic E-state index is 5.70. The predicted molar refractivity (Wildman–Crippen MR) is 59.8 cm³/mol. The number of aromatic nitrogens is 2. The van der Waals surface area contributed by atoms with Crippen LogP contribution in [0.5, 0.6) is 0 Å². The lowest BCUT2D eigenvalue weighted by Crippen LogP contribution is -2.32. The highest BCUT2D eigenvalue weighted by Gasteiger charge is 2.17. The van der Waals surface area contributed by atoms with Crippen molar-refractivity contribution in [2.24, 2.45) is 0 Å². The molecule has 78 valence electrons. The second kappa shape index (κ2) is 4.60. The molecule has 0 aromatic carbocycles. The number of halogens is 1. The number of nitrogens with one attached hydrogen (secondary N) is 1. The van der Waals surface area contributed by atoms with E-state index in [-0.39, 0.29) is 5.54 Å². The summed E-state index contributed by atoms with van der Waals surface area (Å²) < 4.78 is 0. The van der Waals surface area contributed by atoms with E-state index >= 15 is 0 Å². The minimum atomic E-state index is -0.0600. The van der Waals surface area contributed by atoms with E-state index in [1.807, 2.05) is 13.0 Å². The zero-order valence-corrected chi connectivity index (χ0v) is 9.60. The van der Waals surface area contributed by atoms with E-state index in [4.69, 9.17) is 11.6 Å². The zero-order chi connectivity index (χ0) is 10.6. The van der Waals surface area contributed by atoms with E-state index in [2.05, 4.69) is 29.1 Å². The van der Waals surface area contributed by atoms with E-state index in [1.54, 1.807) is 6.20 Å². The Balaban J connectivity index is 2.68. The van der Waals surface area contributed by atoms with Gasteiger partial charge in [-0.2, -0.15) is 0 Å². The molecule has 0 radical (unpaired) electrons. The Bertz CT molecular complexity index is 299. The lowest BCUT2D eigenvalue weighted by Gasteiger charge is -2.25. The molecule has 1 aromatic heterocycles. The number of aryl methyl sites for hydroxylation is 1. The third kappa shape index (κ3) is 3.50. The highest BCUT2D eigenvalue weighted by Crippen LogP contribution is 2.15. The summed E-state index contributed by atoms with van der Waals surface area (Å²) in [7, 11) is 0. The van der Waals surface area contributed by atoms with Gasteiger partial charge in [0.05, 0.1) is 0 Å². The Hall–Kier alpha value is -0.830. The predicted octanol–water partition coefficient (Wildman–Crippen LogP) is 2.60. The molecule has 0 amide bonds. The van der Waals surface area contributed by atoms with Crippen molar-refractivity contribution < 1.29 is 0 Å². The summed E-state index contributed by atoms with van der Waals surface area (Å²) in [6.45, 7) is 6.11. The third-order valence-electron chi connectivity index (χ3n) is 1.96. The van der Waals surface area contributed by atoms with Crippen LogP contribution in [0.25, 0.3) is 0 Å². The van der Waals surface area contributed by atoms with Crippen molar-refractivity contribution in [1.29, 1.82) is 0 Å². The smallest absolute Gasteiger partial charge is 0.223 e. The molecule has 1 N–H and O–H groups in total. The molecular weight excluding hydrogens is 198 g/mol.